The van der Waals surface area contributed by atoms with Crippen molar-refractivity contribution in [1.29, 1.82) is 0 Å². The van der Waals surface area contributed by atoms with Gasteiger partial charge >= 0.3 is 0 Å². The molecule has 0 heterocycles. The molecule has 4 nitrogen and oxygen atoms in total. The third kappa shape index (κ3) is 4.89. The van der Waals surface area contributed by atoms with Crippen molar-refractivity contribution in [3.63, 3.8) is 0 Å². The van der Waals surface area contributed by atoms with Crippen LogP contribution in [0.4, 0.5) is 4.39 Å². The number of aryl methyl sites for hydroxylation is 1. The molecule has 0 radical (unpaired) electrons. The molecule has 2 aromatic carbocycles. The van der Waals surface area contributed by atoms with Crippen LogP contribution in [0.1, 0.15) is 23.6 Å². The van der Waals surface area contributed by atoms with Crippen LogP contribution < -0.4 is 11.1 Å². The summed E-state index contributed by atoms with van der Waals surface area (Å²) in [5.74, 6) is -1.37. The van der Waals surface area contributed by atoms with Crippen LogP contribution >= 0.6 is 15.9 Å². The molecule has 1 unspecified atom stereocenters. The molecule has 6 heteroatoms. The van der Waals surface area contributed by atoms with E-state index >= 15 is 0 Å². The monoisotopic (exact) mass is 378 g/mol. The minimum Gasteiger partial charge on any atom is -0.368 e. The van der Waals surface area contributed by atoms with E-state index in [2.05, 4.69) is 21.2 Å². The summed E-state index contributed by atoms with van der Waals surface area (Å²) in [5.41, 5.74) is 6.40. The molecule has 0 aliphatic heterocycles. The first kappa shape index (κ1) is 17.1. The molecule has 0 fully saturated rings. The minimum absolute atomic E-state index is 0.0646. The van der Waals surface area contributed by atoms with Crippen LogP contribution in [-0.4, -0.2) is 11.8 Å². The van der Waals surface area contributed by atoms with Crippen LogP contribution in [0, 0.1) is 5.82 Å². The van der Waals surface area contributed by atoms with Crippen molar-refractivity contribution < 1.29 is 14.0 Å². The number of hydrogen-bond acceptors (Lipinski definition) is 2. The van der Waals surface area contributed by atoms with Crippen LogP contribution in [0.25, 0.3) is 0 Å². The van der Waals surface area contributed by atoms with E-state index in [1.54, 1.807) is 42.5 Å². The lowest BCUT2D eigenvalue weighted by Crippen LogP contribution is -2.37. The molecule has 2 amide bonds. The van der Waals surface area contributed by atoms with E-state index in [9.17, 15) is 14.0 Å². The third-order valence-corrected chi connectivity index (χ3v) is 3.85. The second-order valence-corrected chi connectivity index (χ2v) is 5.96. The van der Waals surface area contributed by atoms with Gasteiger partial charge in [0.2, 0.25) is 11.8 Å². The Morgan fingerprint density at radius 1 is 1.17 bits per heavy atom. The summed E-state index contributed by atoms with van der Waals surface area (Å²) in [6.45, 7) is 0. The average molecular weight is 379 g/mol. The Labute approximate surface area is 142 Å². The highest BCUT2D eigenvalue weighted by Crippen LogP contribution is 2.17. The fraction of sp³-hybridized carbons (Fsp3) is 0.176. The van der Waals surface area contributed by atoms with Crippen molar-refractivity contribution in [2.45, 2.75) is 18.9 Å². The van der Waals surface area contributed by atoms with Gasteiger partial charge in [0, 0.05) is 10.9 Å². The number of primary amides is 1. The van der Waals surface area contributed by atoms with Crippen LogP contribution in [-0.2, 0) is 16.0 Å². The zero-order valence-electron chi connectivity index (χ0n) is 12.3. The largest absolute Gasteiger partial charge is 0.368 e. The molecule has 1 atom stereocenters. The Morgan fingerprint density at radius 2 is 1.87 bits per heavy atom. The lowest BCUT2D eigenvalue weighted by Gasteiger charge is -2.16. The van der Waals surface area contributed by atoms with Crippen molar-refractivity contribution in [1.82, 2.24) is 5.32 Å². The maximum atomic E-state index is 13.7. The number of nitrogens with one attached hydrogen (secondary N) is 1. The van der Waals surface area contributed by atoms with Gasteiger partial charge in [-0.05, 0) is 29.7 Å². The summed E-state index contributed by atoms with van der Waals surface area (Å²) in [5, 5.41) is 2.59. The van der Waals surface area contributed by atoms with E-state index in [1.807, 2.05) is 0 Å². The Hall–Kier alpha value is -2.21. The molecule has 0 aliphatic rings. The van der Waals surface area contributed by atoms with E-state index in [4.69, 9.17) is 5.73 Å². The van der Waals surface area contributed by atoms with Gasteiger partial charge in [0.1, 0.15) is 11.9 Å². The van der Waals surface area contributed by atoms with E-state index in [0.717, 1.165) is 0 Å². The van der Waals surface area contributed by atoms with Gasteiger partial charge in [0.25, 0.3) is 0 Å². The first-order valence-corrected chi connectivity index (χ1v) is 7.84. The van der Waals surface area contributed by atoms with E-state index in [0.29, 0.717) is 15.6 Å². The number of amides is 2. The molecule has 0 aliphatic carbocycles. The zero-order chi connectivity index (χ0) is 16.8. The SMILES string of the molecule is NC(=O)C(NC(=O)CCc1ccc(Br)cc1F)c1ccccc1. The fourth-order valence-corrected chi connectivity index (χ4v) is 2.50. The lowest BCUT2D eigenvalue weighted by molar-refractivity contribution is -0.127. The molecular formula is C17H16BrFN2O2. The number of nitrogens with two attached hydrogens (primary N) is 1. The van der Waals surface area contributed by atoms with Crippen LogP contribution in [0.2, 0.25) is 0 Å². The standard InChI is InChI=1S/C17H16BrFN2O2/c18-13-8-6-11(14(19)10-13)7-9-15(22)21-16(17(20)23)12-4-2-1-3-5-12/h1-6,8,10,16H,7,9H2,(H2,20,23)(H,21,22). The summed E-state index contributed by atoms with van der Waals surface area (Å²) >= 11 is 3.18. The van der Waals surface area contributed by atoms with Gasteiger partial charge in [0.05, 0.1) is 0 Å². The van der Waals surface area contributed by atoms with Crippen molar-refractivity contribution in [2.75, 3.05) is 0 Å². The summed E-state index contributed by atoms with van der Waals surface area (Å²) in [6, 6.07) is 12.5. The molecule has 0 spiro atoms. The molecule has 120 valence electrons. The van der Waals surface area contributed by atoms with Crippen LogP contribution in [0.5, 0.6) is 0 Å². The highest BCUT2D eigenvalue weighted by Gasteiger charge is 2.19. The second-order valence-electron chi connectivity index (χ2n) is 5.05. The molecule has 2 aromatic rings. The van der Waals surface area contributed by atoms with E-state index in [1.165, 1.54) is 6.07 Å². The number of halogens is 2. The van der Waals surface area contributed by atoms with Crippen molar-refractivity contribution in [2.24, 2.45) is 5.73 Å². The highest BCUT2D eigenvalue weighted by molar-refractivity contribution is 9.10. The predicted octanol–water partition coefficient (Wildman–Crippen LogP) is 2.86. The van der Waals surface area contributed by atoms with Gasteiger partial charge in [-0.3, -0.25) is 9.59 Å². The first-order valence-electron chi connectivity index (χ1n) is 7.05. The number of hydrogen-bond donors (Lipinski definition) is 2. The fourth-order valence-electron chi connectivity index (χ4n) is 2.17. The van der Waals surface area contributed by atoms with Gasteiger partial charge in [-0.25, -0.2) is 4.39 Å². The van der Waals surface area contributed by atoms with Gasteiger partial charge in [0.15, 0.2) is 0 Å². The van der Waals surface area contributed by atoms with Gasteiger partial charge in [-0.15, -0.1) is 0 Å². The summed E-state index contributed by atoms with van der Waals surface area (Å²) in [6.07, 6.45) is 0.306. The molecule has 0 saturated carbocycles. The topological polar surface area (TPSA) is 72.2 Å². The Morgan fingerprint density at radius 3 is 2.48 bits per heavy atom. The smallest absolute Gasteiger partial charge is 0.244 e. The lowest BCUT2D eigenvalue weighted by atomic mass is 10.1. The van der Waals surface area contributed by atoms with Crippen molar-refractivity contribution >= 4 is 27.7 Å². The van der Waals surface area contributed by atoms with Crippen molar-refractivity contribution in [3.05, 3.63) is 69.9 Å². The predicted molar refractivity (Wildman–Crippen MR) is 88.9 cm³/mol. The first-order chi connectivity index (χ1) is 11.0. The maximum Gasteiger partial charge on any atom is 0.244 e. The molecule has 0 saturated heterocycles. The molecule has 0 bridgehead atoms. The maximum absolute atomic E-state index is 13.7. The zero-order valence-corrected chi connectivity index (χ0v) is 13.8. The number of carbonyl (C=O) groups is 2. The van der Waals surface area contributed by atoms with Crippen molar-refractivity contribution in [3.8, 4) is 0 Å². The number of benzene rings is 2. The van der Waals surface area contributed by atoms with E-state index in [-0.39, 0.29) is 24.6 Å². The third-order valence-electron chi connectivity index (χ3n) is 3.36. The van der Waals surface area contributed by atoms with Crippen LogP contribution in [0.15, 0.2) is 53.0 Å². The van der Waals surface area contributed by atoms with E-state index < -0.39 is 11.9 Å². The Bertz CT molecular complexity index is 707. The number of rotatable bonds is 6. The minimum atomic E-state index is -0.890. The molecular weight excluding hydrogens is 363 g/mol. The van der Waals surface area contributed by atoms with Crippen LogP contribution in [0.3, 0.4) is 0 Å². The Kier molecular flexibility index (Phi) is 5.87. The van der Waals surface area contributed by atoms with Gasteiger partial charge < -0.3 is 11.1 Å². The second kappa shape index (κ2) is 7.87. The summed E-state index contributed by atoms with van der Waals surface area (Å²) in [7, 11) is 0. The van der Waals surface area contributed by atoms with Gasteiger partial charge in [-0.1, -0.05) is 52.3 Å². The highest BCUT2D eigenvalue weighted by atomic mass is 79.9. The molecule has 2 rings (SSSR count). The Balaban J connectivity index is 1.98. The molecule has 0 aromatic heterocycles. The number of carbonyl (C=O) groups excluding carboxylic acids is 2. The molecule has 3 N–H and O–H groups in total. The average Bonchev–Trinajstić information content (AvgIpc) is 2.52. The van der Waals surface area contributed by atoms with Gasteiger partial charge in [-0.2, -0.15) is 0 Å². The quantitative estimate of drug-likeness (QED) is 0.810. The summed E-state index contributed by atoms with van der Waals surface area (Å²) in [4.78, 5) is 23.6. The summed E-state index contributed by atoms with van der Waals surface area (Å²) < 4.78 is 14.4. The molecule has 23 heavy (non-hydrogen) atoms. The normalized spacial score (nSPS) is 11.7.